The zero-order valence-corrected chi connectivity index (χ0v) is 91.0. The van der Waals surface area contributed by atoms with E-state index in [4.69, 9.17) is 4.11 Å². The van der Waals surface area contributed by atoms with Crippen LogP contribution in [0.4, 0.5) is 0 Å². The molecule has 0 atom stereocenters. The van der Waals surface area contributed by atoms with Crippen molar-refractivity contribution in [3.63, 3.8) is 0 Å². The molecule has 7 aromatic carbocycles. The fourth-order valence-corrected chi connectivity index (χ4v) is 16.6. The van der Waals surface area contributed by atoms with Gasteiger partial charge < -0.3 is 0 Å². The monoisotopic (exact) mass is 1670 g/mol. The molecule has 0 spiro atoms. The first-order chi connectivity index (χ1) is 55.8. The van der Waals surface area contributed by atoms with Crippen LogP contribution in [0.1, 0.15) is 552 Å². The minimum Gasteiger partial charge on any atom is -0.0648 e. The highest BCUT2D eigenvalue weighted by Gasteiger charge is 2.36. The van der Waals surface area contributed by atoms with E-state index in [9.17, 15) is 0 Å². The smallest absolute Gasteiger partial charge is 0.0352 e. The van der Waals surface area contributed by atoms with E-state index in [2.05, 4.69) is 506 Å². The van der Waals surface area contributed by atoms with Crippen LogP contribution in [0, 0.1) is 0 Å². The van der Waals surface area contributed by atoms with Crippen molar-refractivity contribution in [3.05, 3.63) is 245 Å². The molecule has 0 bridgehead atoms. The average Bonchev–Trinajstić information content (AvgIpc) is 0.747. The number of hydrogen-bond acceptors (Lipinski definition) is 0. The maximum absolute atomic E-state index is 8.93. The molecule has 0 aromatic heterocycles. The van der Waals surface area contributed by atoms with Gasteiger partial charge in [-0.2, -0.15) is 0 Å². The van der Waals surface area contributed by atoms with Gasteiger partial charge in [-0.25, -0.2) is 0 Å². The van der Waals surface area contributed by atoms with Gasteiger partial charge in [-0.05, 0) is 262 Å². The van der Waals surface area contributed by atoms with E-state index in [1.165, 1.54) is 96.3 Å². The third kappa shape index (κ3) is 35.3. The second kappa shape index (κ2) is 44.5. The molecule has 0 unspecified atom stereocenters. The summed E-state index contributed by atoms with van der Waals surface area (Å²) in [6.45, 7) is 120. The summed E-state index contributed by atoms with van der Waals surface area (Å²) in [6.07, 6.45) is 7.44. The van der Waals surface area contributed by atoms with E-state index in [1.54, 1.807) is 11.1 Å². The molecule has 122 heavy (non-hydrogen) atoms. The lowest BCUT2D eigenvalue weighted by Gasteiger charge is -2.38. The van der Waals surface area contributed by atoms with E-state index >= 15 is 0 Å². The predicted molar refractivity (Wildman–Crippen MR) is 559 cm³/mol. The van der Waals surface area contributed by atoms with Crippen molar-refractivity contribution in [1.29, 1.82) is 0 Å². The molecule has 0 saturated heterocycles. The SMILES string of the molecule is CC(C)(C)c1cc(C(C)(C)C)c(C(C)(C)C)c(C(C)(C)C)c1.CC(C)(C)c1cc(C(C)(C)C)cc(C(C)(C)C)c1.CC(C)(C)c1ccc(C(C)(C)C)c(C(C)(C)C)c1.CC(C)(C)c1ccccc1C(C)(C)C.CCC(CC)c1ccccc1C(C)(C)C.[2H]C(CC)(CC)c1cccc(C([2H])(CC)CC)c1C(C)(C)C.[2H]C(CC)(CC)c1ccccc1C(C)(C)C. The Morgan fingerprint density at radius 3 is 0.631 bits per heavy atom. The first-order valence-corrected chi connectivity index (χ1v) is 48.2. The molecule has 0 fully saturated rings. The van der Waals surface area contributed by atoms with Crippen LogP contribution in [0.5, 0.6) is 0 Å². The molecule has 7 rings (SSSR count). The molecule has 0 radical (unpaired) electrons. The van der Waals surface area contributed by atoms with Crippen molar-refractivity contribution >= 4 is 0 Å². The normalized spacial score (nSPS) is 13.8. The van der Waals surface area contributed by atoms with Crippen molar-refractivity contribution in [1.82, 2.24) is 0 Å². The molecule has 0 heteroatoms. The quantitative estimate of drug-likeness (QED) is 0.114. The summed E-state index contributed by atoms with van der Waals surface area (Å²) in [5.74, 6) is -0.813. The van der Waals surface area contributed by atoms with Crippen LogP contribution < -0.4 is 0 Å². The van der Waals surface area contributed by atoms with Gasteiger partial charge in [0, 0.05) is 4.11 Å². The Morgan fingerprint density at radius 1 is 0.172 bits per heavy atom. The summed E-state index contributed by atoms with van der Waals surface area (Å²) >= 11 is 0. The molecule has 0 heterocycles. The highest BCUT2D eigenvalue weighted by Crippen LogP contribution is 2.47. The minimum atomic E-state index is -0.555. The fourth-order valence-electron chi connectivity index (χ4n) is 16.6. The summed E-state index contributed by atoms with van der Waals surface area (Å²) in [6, 6.07) is 51.6. The number of hydrogen-bond donors (Lipinski definition) is 0. The van der Waals surface area contributed by atoms with Crippen molar-refractivity contribution in [2.24, 2.45) is 0 Å². The highest BCUT2D eigenvalue weighted by molar-refractivity contribution is 5.52. The molecular formula is C122H202. The molecule has 0 aliphatic heterocycles. The standard InChI is InChI=1S/C22H38.C20H34.2C18H30.2C15H24.C14H22/c1-19(2,3)15-13-16(20(4,5)6)18(22(10,11)12)17(14-15)21(7,8)9;1-8-15(9-2)17-13-12-14-18(16(10-3)11-4)19(17)20(5,6)7;1-16(2,3)13-10-14(17(4,5)6)12-15(11-13)18(7,8)9;1-16(2,3)13-10-11-14(17(4,5)6)15(12-13)18(7,8)9;2*1-6-12(7-2)13-10-8-9-11-14(13)15(3,4)5;1-13(2,3)11-9-7-8-10-12(11)14(4,5)6/h13-14H,1-12H3;12-16H,8-11H2,1-7H3;2*10-12H,1-9H3;2*8-12H,6-7H2,1-5H3;7-10H,1-6H3/i;15D,16D;;;12D;;. The molecule has 0 aliphatic carbocycles. The molecule has 0 aliphatic rings. The van der Waals surface area contributed by atoms with Crippen LogP contribution in [0.25, 0.3) is 0 Å². The topological polar surface area (TPSA) is 0 Å². The Hall–Kier alpha value is -5.46. The lowest BCUT2D eigenvalue weighted by atomic mass is 9.66. The summed E-state index contributed by atoms with van der Waals surface area (Å²) in [5.41, 5.74) is 29.4. The second-order valence-electron chi connectivity index (χ2n) is 51.1. The second-order valence-corrected chi connectivity index (χ2v) is 51.1. The fraction of sp³-hybridized carbons (Fsp3) is 0.656. The van der Waals surface area contributed by atoms with Gasteiger partial charge in [0.05, 0.1) is 0 Å². The van der Waals surface area contributed by atoms with Crippen LogP contribution >= 0.6 is 0 Å². The third-order valence-corrected chi connectivity index (χ3v) is 24.4. The Labute approximate surface area is 767 Å². The van der Waals surface area contributed by atoms with E-state index in [1.807, 2.05) is 0 Å². The molecular weight excluding hydrogens is 1470 g/mol. The molecule has 0 amide bonds. The maximum atomic E-state index is 8.93. The zero-order valence-electron chi connectivity index (χ0n) is 94.0. The molecule has 0 saturated carbocycles. The van der Waals surface area contributed by atoms with E-state index in [-0.39, 0.29) is 81.2 Å². The van der Waals surface area contributed by atoms with Crippen molar-refractivity contribution < 1.29 is 4.11 Å². The summed E-state index contributed by atoms with van der Waals surface area (Å²) in [5, 5.41) is 0. The maximum Gasteiger partial charge on any atom is 0.0352 e. The van der Waals surface area contributed by atoms with Gasteiger partial charge in [-0.15, -0.1) is 0 Å². The van der Waals surface area contributed by atoms with Crippen molar-refractivity contribution in [2.45, 2.75) is 523 Å². The Morgan fingerprint density at radius 2 is 0.385 bits per heavy atom. The Balaban J connectivity index is 0.000000733. The van der Waals surface area contributed by atoms with E-state index < -0.39 is 17.7 Å². The van der Waals surface area contributed by atoms with Gasteiger partial charge in [0.15, 0.2) is 0 Å². The summed E-state index contributed by atoms with van der Waals surface area (Å²) < 4.78 is 26.4. The van der Waals surface area contributed by atoms with E-state index in [0.717, 1.165) is 55.6 Å². The van der Waals surface area contributed by atoms with Crippen molar-refractivity contribution in [3.8, 4) is 0 Å². The molecule has 690 valence electrons. The van der Waals surface area contributed by atoms with Gasteiger partial charge in [0.2, 0.25) is 0 Å². The van der Waals surface area contributed by atoms with Gasteiger partial charge >= 0.3 is 0 Å². The first kappa shape index (κ1) is 109. The lowest BCUT2D eigenvalue weighted by Crippen LogP contribution is -2.29. The summed E-state index contributed by atoms with van der Waals surface area (Å²) in [4.78, 5) is 0. The Bertz CT molecular complexity index is 4220. The van der Waals surface area contributed by atoms with Crippen LogP contribution in [-0.4, -0.2) is 0 Å². The van der Waals surface area contributed by atoms with Gasteiger partial charge in [-0.3, -0.25) is 0 Å². The first-order valence-electron chi connectivity index (χ1n) is 49.7. The zero-order chi connectivity index (χ0) is 98.5. The largest absolute Gasteiger partial charge is 0.0648 e. The van der Waals surface area contributed by atoms with Crippen LogP contribution in [-0.2, 0) is 81.2 Å². The third-order valence-electron chi connectivity index (χ3n) is 24.4. The van der Waals surface area contributed by atoms with Crippen LogP contribution in [0.2, 0.25) is 0 Å². The molecule has 0 nitrogen and oxygen atoms in total. The number of rotatable bonds is 12. The highest BCUT2D eigenvalue weighted by atomic mass is 14.4. The average molecular weight is 1670 g/mol. The molecule has 7 aromatic rings. The lowest BCUT2D eigenvalue weighted by molar-refractivity contribution is 0.490. The van der Waals surface area contributed by atoms with Gasteiger partial charge in [0.25, 0.3) is 0 Å². The van der Waals surface area contributed by atoms with Gasteiger partial charge in [-0.1, -0.05) is 506 Å². The molecule has 0 N–H and O–H groups in total. The van der Waals surface area contributed by atoms with E-state index in [0.29, 0.717) is 0 Å². The van der Waals surface area contributed by atoms with Crippen LogP contribution in [0.15, 0.2) is 140 Å². The number of benzene rings is 7. The predicted octanol–water partition coefficient (Wildman–Crippen LogP) is 38.9. The van der Waals surface area contributed by atoms with Crippen molar-refractivity contribution in [2.75, 3.05) is 0 Å². The summed E-state index contributed by atoms with van der Waals surface area (Å²) in [7, 11) is 0. The van der Waals surface area contributed by atoms with Gasteiger partial charge in [0.1, 0.15) is 0 Å². The van der Waals surface area contributed by atoms with Crippen LogP contribution in [0.3, 0.4) is 0 Å². The minimum absolute atomic E-state index is 0.0563. The Kier molecular flexibility index (Phi) is 39.7.